The second-order valence-corrected chi connectivity index (χ2v) is 10.5. The monoisotopic (exact) mass is 448 g/mol. The van der Waals surface area contributed by atoms with Crippen molar-refractivity contribution in [2.24, 2.45) is 0 Å². The average molecular weight is 449 g/mol. The maximum Gasteiger partial charge on any atom is 0.241 e. The molecule has 4 rings (SSSR count). The fourth-order valence-corrected chi connectivity index (χ4v) is 5.93. The molecule has 0 saturated carbocycles. The summed E-state index contributed by atoms with van der Waals surface area (Å²) in [5.74, 6) is -0.00263. The highest BCUT2D eigenvalue weighted by atomic mass is 32.2. The minimum atomic E-state index is -3.12. The van der Waals surface area contributed by atoms with Crippen LogP contribution >= 0.6 is 0 Å². The predicted molar refractivity (Wildman–Crippen MR) is 128 cm³/mol. The number of nitrogens with zero attached hydrogens (tertiary/aromatic N) is 1. The number of anilines is 1. The van der Waals surface area contributed by atoms with Crippen molar-refractivity contribution in [3.8, 4) is 0 Å². The summed E-state index contributed by atoms with van der Waals surface area (Å²) >= 11 is 0. The number of nitrogens with one attached hydrogen (secondary N) is 1. The van der Waals surface area contributed by atoms with Gasteiger partial charge in [0.2, 0.25) is 5.91 Å². The molecule has 5 nitrogen and oxygen atoms in total. The Hall–Kier alpha value is -2.96. The van der Waals surface area contributed by atoms with E-state index in [0.29, 0.717) is 6.42 Å². The van der Waals surface area contributed by atoms with Crippen molar-refractivity contribution in [3.05, 3.63) is 102 Å². The quantitative estimate of drug-likeness (QED) is 0.595. The molecule has 6 heteroatoms. The van der Waals surface area contributed by atoms with Gasteiger partial charge in [-0.3, -0.25) is 10.1 Å². The van der Waals surface area contributed by atoms with E-state index in [2.05, 4.69) is 29.6 Å². The number of carbonyl (C=O) groups excluding carboxylic acids is 1. The second kappa shape index (κ2) is 9.67. The third-order valence-electron chi connectivity index (χ3n) is 5.88. The van der Waals surface area contributed by atoms with Gasteiger partial charge in [-0.25, -0.2) is 8.42 Å². The minimum absolute atomic E-state index is 0.00765. The van der Waals surface area contributed by atoms with Crippen LogP contribution in [0.5, 0.6) is 0 Å². The zero-order valence-electron chi connectivity index (χ0n) is 18.1. The molecule has 32 heavy (non-hydrogen) atoms. The van der Waals surface area contributed by atoms with Gasteiger partial charge in [0.05, 0.1) is 30.1 Å². The van der Waals surface area contributed by atoms with E-state index in [4.69, 9.17) is 0 Å². The van der Waals surface area contributed by atoms with Crippen LogP contribution in [-0.2, 0) is 14.6 Å². The number of sulfone groups is 1. The van der Waals surface area contributed by atoms with Crippen LogP contribution < -0.4 is 10.2 Å². The Kier molecular flexibility index (Phi) is 6.72. The summed E-state index contributed by atoms with van der Waals surface area (Å²) in [5, 5.41) is 3.43. The van der Waals surface area contributed by atoms with Gasteiger partial charge in [-0.15, -0.1) is 0 Å². The summed E-state index contributed by atoms with van der Waals surface area (Å²) < 4.78 is 24.2. The molecule has 1 heterocycles. The summed E-state index contributed by atoms with van der Waals surface area (Å²) in [6.45, 7) is 2.14. The van der Waals surface area contributed by atoms with Crippen LogP contribution in [0.4, 0.5) is 5.69 Å². The standard InChI is InChI=1S/C26H28N2O3S/c1-20-12-14-22(15-13-20)26(21-8-4-2-5-9-21)27-18-25(29)28(23-10-6-3-7-11-23)24-16-17-32(30,31)19-24/h2-15,24,26-27H,16-19H2,1H3/t24-,26+/m1/s1. The summed E-state index contributed by atoms with van der Waals surface area (Å²) in [5.41, 5.74) is 4.05. The first-order valence-corrected chi connectivity index (χ1v) is 12.7. The molecular weight excluding hydrogens is 420 g/mol. The average Bonchev–Trinajstić information content (AvgIpc) is 3.16. The van der Waals surface area contributed by atoms with Crippen molar-refractivity contribution >= 4 is 21.4 Å². The first-order chi connectivity index (χ1) is 15.4. The van der Waals surface area contributed by atoms with Crippen molar-refractivity contribution < 1.29 is 13.2 Å². The molecule has 3 aromatic carbocycles. The minimum Gasteiger partial charge on any atom is -0.307 e. The number of benzene rings is 3. The van der Waals surface area contributed by atoms with Gasteiger partial charge in [0.1, 0.15) is 0 Å². The van der Waals surface area contributed by atoms with Gasteiger partial charge in [0.15, 0.2) is 9.84 Å². The Labute approximate surface area is 190 Å². The Morgan fingerprint density at radius 3 is 2.12 bits per heavy atom. The number of para-hydroxylation sites is 1. The molecular formula is C26H28N2O3S. The fourth-order valence-electron chi connectivity index (χ4n) is 4.23. The van der Waals surface area contributed by atoms with Gasteiger partial charge < -0.3 is 4.90 Å². The molecule has 0 spiro atoms. The van der Waals surface area contributed by atoms with E-state index < -0.39 is 9.84 Å². The van der Waals surface area contributed by atoms with E-state index >= 15 is 0 Å². The molecule has 1 amide bonds. The first-order valence-electron chi connectivity index (χ1n) is 10.9. The van der Waals surface area contributed by atoms with E-state index in [1.807, 2.05) is 67.6 Å². The molecule has 0 unspecified atom stereocenters. The lowest BCUT2D eigenvalue weighted by atomic mass is 9.98. The predicted octanol–water partition coefficient (Wildman–Crippen LogP) is 3.89. The maximum absolute atomic E-state index is 13.4. The lowest BCUT2D eigenvalue weighted by molar-refractivity contribution is -0.118. The Morgan fingerprint density at radius 1 is 0.938 bits per heavy atom. The zero-order valence-corrected chi connectivity index (χ0v) is 19.0. The van der Waals surface area contributed by atoms with Crippen molar-refractivity contribution in [2.75, 3.05) is 23.0 Å². The zero-order chi connectivity index (χ0) is 22.6. The van der Waals surface area contributed by atoms with Crippen LogP contribution in [0.25, 0.3) is 0 Å². The summed E-state index contributed by atoms with van der Waals surface area (Å²) in [4.78, 5) is 15.1. The highest BCUT2D eigenvalue weighted by molar-refractivity contribution is 7.91. The lowest BCUT2D eigenvalue weighted by Gasteiger charge is -2.29. The van der Waals surface area contributed by atoms with Crippen LogP contribution in [0.2, 0.25) is 0 Å². The molecule has 3 aromatic rings. The Morgan fingerprint density at radius 2 is 1.53 bits per heavy atom. The molecule has 1 saturated heterocycles. The summed E-state index contributed by atoms with van der Waals surface area (Å²) in [7, 11) is -3.12. The summed E-state index contributed by atoms with van der Waals surface area (Å²) in [6, 6.07) is 27.1. The van der Waals surface area contributed by atoms with Crippen LogP contribution in [-0.4, -0.2) is 38.4 Å². The highest BCUT2D eigenvalue weighted by Gasteiger charge is 2.35. The fraction of sp³-hybridized carbons (Fsp3) is 0.269. The van der Waals surface area contributed by atoms with E-state index in [1.165, 1.54) is 5.56 Å². The molecule has 1 aliphatic rings. The Bertz CT molecular complexity index is 1150. The number of hydrogen-bond donors (Lipinski definition) is 1. The van der Waals surface area contributed by atoms with Crippen LogP contribution in [0.1, 0.15) is 29.2 Å². The molecule has 0 aliphatic carbocycles. The van der Waals surface area contributed by atoms with Crippen molar-refractivity contribution in [1.29, 1.82) is 0 Å². The van der Waals surface area contributed by atoms with Gasteiger partial charge >= 0.3 is 0 Å². The van der Waals surface area contributed by atoms with Crippen molar-refractivity contribution in [3.63, 3.8) is 0 Å². The first kappa shape index (κ1) is 22.2. The van der Waals surface area contributed by atoms with E-state index in [-0.39, 0.29) is 36.0 Å². The molecule has 2 atom stereocenters. The number of carbonyl (C=O) groups is 1. The second-order valence-electron chi connectivity index (χ2n) is 8.29. The van der Waals surface area contributed by atoms with E-state index in [1.54, 1.807) is 4.90 Å². The normalized spacial score (nSPS) is 18.2. The smallest absolute Gasteiger partial charge is 0.241 e. The largest absolute Gasteiger partial charge is 0.307 e. The van der Waals surface area contributed by atoms with E-state index in [0.717, 1.165) is 16.8 Å². The third-order valence-corrected chi connectivity index (χ3v) is 7.63. The van der Waals surface area contributed by atoms with Crippen molar-refractivity contribution in [1.82, 2.24) is 5.32 Å². The van der Waals surface area contributed by atoms with Gasteiger partial charge in [0, 0.05) is 5.69 Å². The third kappa shape index (κ3) is 5.26. The molecule has 0 radical (unpaired) electrons. The van der Waals surface area contributed by atoms with E-state index in [9.17, 15) is 13.2 Å². The molecule has 1 fully saturated rings. The topological polar surface area (TPSA) is 66.5 Å². The lowest BCUT2D eigenvalue weighted by Crippen LogP contribution is -2.46. The highest BCUT2D eigenvalue weighted by Crippen LogP contribution is 2.26. The van der Waals surface area contributed by atoms with Crippen molar-refractivity contribution in [2.45, 2.75) is 25.4 Å². The number of aryl methyl sites for hydroxylation is 1. The molecule has 166 valence electrons. The molecule has 1 aliphatic heterocycles. The van der Waals surface area contributed by atoms with Gasteiger partial charge in [-0.2, -0.15) is 0 Å². The number of rotatable bonds is 7. The number of hydrogen-bond acceptors (Lipinski definition) is 4. The van der Waals surface area contributed by atoms with Crippen LogP contribution in [0.15, 0.2) is 84.9 Å². The maximum atomic E-state index is 13.4. The molecule has 0 bridgehead atoms. The molecule has 1 N–H and O–H groups in total. The van der Waals surface area contributed by atoms with Gasteiger partial charge in [-0.1, -0.05) is 78.4 Å². The SMILES string of the molecule is Cc1ccc([C@@H](NCC(=O)N(c2ccccc2)[C@@H]2CCS(=O)(=O)C2)c2ccccc2)cc1. The van der Waals surface area contributed by atoms with Gasteiger partial charge in [0.25, 0.3) is 0 Å². The van der Waals surface area contributed by atoms with Crippen LogP contribution in [0.3, 0.4) is 0 Å². The summed E-state index contributed by atoms with van der Waals surface area (Å²) in [6.07, 6.45) is 0.461. The number of amides is 1. The Balaban J connectivity index is 1.58. The molecule has 0 aromatic heterocycles. The van der Waals surface area contributed by atoms with Gasteiger partial charge in [-0.05, 0) is 36.6 Å². The van der Waals surface area contributed by atoms with Crippen LogP contribution in [0, 0.1) is 6.92 Å².